The Labute approximate surface area is 146 Å². The second kappa shape index (κ2) is 8.14. The van der Waals surface area contributed by atoms with E-state index in [4.69, 9.17) is 16.9 Å². The second-order valence-electron chi connectivity index (χ2n) is 5.40. The fourth-order valence-corrected chi connectivity index (χ4v) is 2.09. The van der Waals surface area contributed by atoms with Crippen molar-refractivity contribution in [2.75, 3.05) is 10.6 Å². The van der Waals surface area contributed by atoms with Gasteiger partial charge in [0.25, 0.3) is 5.91 Å². The number of benzene rings is 1. The number of aromatic nitrogens is 1. The van der Waals surface area contributed by atoms with Crippen molar-refractivity contribution < 1.29 is 4.79 Å². The molecule has 0 aliphatic heterocycles. The number of nitrogens with one attached hydrogen (secondary N) is 2. The SMILES string of the molecule is CC(C)c1ccc(NC(=O)/C(C#N)=C\Nc2cc(Cl)ccn2)cc1. The molecule has 0 fully saturated rings. The van der Waals surface area contributed by atoms with Gasteiger partial charge in [-0.2, -0.15) is 5.26 Å². The van der Waals surface area contributed by atoms with Crippen molar-refractivity contribution in [2.24, 2.45) is 0 Å². The number of anilines is 2. The van der Waals surface area contributed by atoms with Crippen LogP contribution in [-0.2, 0) is 4.79 Å². The average molecular weight is 341 g/mol. The molecule has 6 heteroatoms. The molecule has 24 heavy (non-hydrogen) atoms. The van der Waals surface area contributed by atoms with Crippen LogP contribution < -0.4 is 10.6 Å². The van der Waals surface area contributed by atoms with Gasteiger partial charge in [-0.1, -0.05) is 37.6 Å². The number of amides is 1. The van der Waals surface area contributed by atoms with Crippen LogP contribution in [0.1, 0.15) is 25.3 Å². The number of nitriles is 1. The Morgan fingerprint density at radius 3 is 2.58 bits per heavy atom. The third-order valence-corrected chi connectivity index (χ3v) is 3.52. The molecule has 1 heterocycles. The highest BCUT2D eigenvalue weighted by Gasteiger charge is 2.09. The van der Waals surface area contributed by atoms with E-state index < -0.39 is 5.91 Å². The number of halogens is 1. The zero-order chi connectivity index (χ0) is 17.5. The topological polar surface area (TPSA) is 77.8 Å². The number of pyridine rings is 1. The number of carbonyl (C=O) groups excluding carboxylic acids is 1. The van der Waals surface area contributed by atoms with E-state index in [1.54, 1.807) is 12.1 Å². The minimum atomic E-state index is -0.496. The van der Waals surface area contributed by atoms with Crippen molar-refractivity contribution in [3.05, 3.63) is 65.0 Å². The van der Waals surface area contributed by atoms with Crippen LogP contribution in [0, 0.1) is 11.3 Å². The number of hydrogen-bond donors (Lipinski definition) is 2. The van der Waals surface area contributed by atoms with Gasteiger partial charge in [0.15, 0.2) is 0 Å². The number of hydrogen-bond acceptors (Lipinski definition) is 4. The van der Waals surface area contributed by atoms with E-state index in [2.05, 4.69) is 29.5 Å². The maximum Gasteiger partial charge on any atom is 0.267 e. The van der Waals surface area contributed by atoms with Gasteiger partial charge in [0.05, 0.1) is 0 Å². The van der Waals surface area contributed by atoms with Gasteiger partial charge in [-0.05, 0) is 35.7 Å². The molecule has 5 nitrogen and oxygen atoms in total. The van der Waals surface area contributed by atoms with Crippen molar-refractivity contribution in [3.63, 3.8) is 0 Å². The first kappa shape index (κ1) is 17.5. The van der Waals surface area contributed by atoms with Crippen LogP contribution in [-0.4, -0.2) is 10.9 Å². The van der Waals surface area contributed by atoms with E-state index in [9.17, 15) is 4.79 Å². The lowest BCUT2D eigenvalue weighted by molar-refractivity contribution is -0.112. The molecule has 0 atom stereocenters. The van der Waals surface area contributed by atoms with Crippen LogP contribution in [0.3, 0.4) is 0 Å². The maximum absolute atomic E-state index is 12.2. The Balaban J connectivity index is 2.05. The van der Waals surface area contributed by atoms with Crippen molar-refractivity contribution in [3.8, 4) is 6.07 Å². The number of rotatable bonds is 5. The van der Waals surface area contributed by atoms with Gasteiger partial charge in [-0.25, -0.2) is 4.98 Å². The fourth-order valence-electron chi connectivity index (χ4n) is 1.93. The summed E-state index contributed by atoms with van der Waals surface area (Å²) in [6.45, 7) is 4.19. The van der Waals surface area contributed by atoms with Crippen LogP contribution in [0.5, 0.6) is 0 Å². The summed E-state index contributed by atoms with van der Waals surface area (Å²) in [4.78, 5) is 16.2. The lowest BCUT2D eigenvalue weighted by Gasteiger charge is -2.08. The molecule has 1 aromatic heterocycles. The highest BCUT2D eigenvalue weighted by molar-refractivity contribution is 6.30. The van der Waals surface area contributed by atoms with Gasteiger partial charge in [-0.3, -0.25) is 4.79 Å². The Hall–Kier alpha value is -2.84. The molecule has 1 amide bonds. The van der Waals surface area contributed by atoms with Crippen molar-refractivity contribution in [1.29, 1.82) is 5.26 Å². The summed E-state index contributed by atoms with van der Waals surface area (Å²) < 4.78 is 0. The second-order valence-corrected chi connectivity index (χ2v) is 5.84. The van der Waals surface area contributed by atoms with Crippen molar-refractivity contribution >= 4 is 29.0 Å². The molecular weight excluding hydrogens is 324 g/mol. The molecule has 0 radical (unpaired) electrons. The quantitative estimate of drug-likeness (QED) is 0.627. The van der Waals surface area contributed by atoms with Crippen molar-refractivity contribution in [1.82, 2.24) is 4.98 Å². The molecule has 0 saturated carbocycles. The normalized spacial score (nSPS) is 11.0. The van der Waals surface area contributed by atoms with Crippen molar-refractivity contribution in [2.45, 2.75) is 19.8 Å². The fraction of sp³-hybridized carbons (Fsp3) is 0.167. The average Bonchev–Trinajstić information content (AvgIpc) is 2.56. The molecule has 0 aliphatic carbocycles. The molecular formula is C18H17ClN4O. The first-order valence-electron chi connectivity index (χ1n) is 7.39. The predicted molar refractivity (Wildman–Crippen MR) is 95.7 cm³/mol. The highest BCUT2D eigenvalue weighted by atomic mass is 35.5. The first-order valence-corrected chi connectivity index (χ1v) is 7.77. The molecule has 1 aromatic carbocycles. The van der Waals surface area contributed by atoms with E-state index in [1.807, 2.05) is 30.3 Å². The molecule has 122 valence electrons. The molecule has 2 rings (SSSR count). The summed E-state index contributed by atoms with van der Waals surface area (Å²) in [6, 6.07) is 12.6. The largest absolute Gasteiger partial charge is 0.345 e. The summed E-state index contributed by atoms with van der Waals surface area (Å²) in [5.41, 5.74) is 1.74. The van der Waals surface area contributed by atoms with E-state index in [0.717, 1.165) is 0 Å². The lowest BCUT2D eigenvalue weighted by atomic mass is 10.0. The van der Waals surface area contributed by atoms with E-state index in [-0.39, 0.29) is 5.57 Å². The van der Waals surface area contributed by atoms with Crippen LogP contribution in [0.4, 0.5) is 11.5 Å². The summed E-state index contributed by atoms with van der Waals surface area (Å²) in [6.07, 6.45) is 2.83. The molecule has 2 N–H and O–H groups in total. The monoisotopic (exact) mass is 340 g/mol. The minimum Gasteiger partial charge on any atom is -0.345 e. The lowest BCUT2D eigenvalue weighted by Crippen LogP contribution is -2.14. The van der Waals surface area contributed by atoms with Gasteiger partial charge in [0.2, 0.25) is 0 Å². The Bertz CT molecular complexity index is 791. The predicted octanol–water partition coefficient (Wildman–Crippen LogP) is 4.32. The molecule has 0 unspecified atom stereocenters. The van der Waals surface area contributed by atoms with Gasteiger partial charge < -0.3 is 10.6 Å². The molecule has 0 spiro atoms. The number of nitrogens with zero attached hydrogens (tertiary/aromatic N) is 2. The van der Waals surface area contributed by atoms with Gasteiger partial charge in [0, 0.05) is 23.1 Å². The van der Waals surface area contributed by atoms with Crippen LogP contribution in [0.25, 0.3) is 0 Å². The molecule has 0 saturated heterocycles. The Morgan fingerprint density at radius 2 is 2.00 bits per heavy atom. The minimum absolute atomic E-state index is 0.0651. The molecule has 2 aromatic rings. The van der Waals surface area contributed by atoms with E-state index >= 15 is 0 Å². The van der Waals surface area contributed by atoms with Crippen LogP contribution in [0.15, 0.2) is 54.4 Å². The Morgan fingerprint density at radius 1 is 1.29 bits per heavy atom. The summed E-state index contributed by atoms with van der Waals surface area (Å²) >= 11 is 5.85. The smallest absolute Gasteiger partial charge is 0.267 e. The standard InChI is InChI=1S/C18H17ClN4O/c1-12(2)13-3-5-16(6-4-13)23-18(24)14(10-20)11-22-17-9-15(19)7-8-21-17/h3-9,11-12H,1-2H3,(H,21,22)(H,23,24)/b14-11-. The number of carbonyl (C=O) groups is 1. The van der Waals surface area contributed by atoms with Crippen LogP contribution >= 0.6 is 11.6 Å². The molecule has 0 aliphatic rings. The zero-order valence-corrected chi connectivity index (χ0v) is 14.1. The maximum atomic E-state index is 12.2. The van der Waals surface area contributed by atoms with E-state index in [0.29, 0.717) is 22.4 Å². The third-order valence-electron chi connectivity index (χ3n) is 3.29. The van der Waals surface area contributed by atoms with E-state index in [1.165, 1.54) is 18.0 Å². The first-order chi connectivity index (χ1) is 11.5. The van der Waals surface area contributed by atoms with Crippen LogP contribution in [0.2, 0.25) is 5.02 Å². The Kier molecular flexibility index (Phi) is 5.94. The van der Waals surface area contributed by atoms with Gasteiger partial charge >= 0.3 is 0 Å². The summed E-state index contributed by atoms with van der Waals surface area (Å²) in [5.74, 6) is 0.368. The van der Waals surface area contributed by atoms with Gasteiger partial charge in [0.1, 0.15) is 17.5 Å². The molecule has 0 bridgehead atoms. The summed E-state index contributed by atoms with van der Waals surface area (Å²) in [5, 5.41) is 15.1. The third kappa shape index (κ3) is 4.83. The summed E-state index contributed by atoms with van der Waals surface area (Å²) in [7, 11) is 0. The van der Waals surface area contributed by atoms with Gasteiger partial charge in [-0.15, -0.1) is 0 Å². The highest BCUT2D eigenvalue weighted by Crippen LogP contribution is 2.17. The zero-order valence-electron chi connectivity index (χ0n) is 13.4.